The minimum Gasteiger partial charge on any atom is -0.343 e. The standard InChI is InChI=1S/C22H17FN6O/c1-12(14-3-2-4-15(23)9-14)25-22(30)21-26-18-10-16-17(11-19(18)27-21)28-29-20(16)13-5-7-24-8-6-13/h2-12H,1H3,(H,25,30)(H,26,27)(H,28,29). The number of aromatic nitrogens is 5. The third-order valence-electron chi connectivity index (χ3n) is 5.03. The molecule has 0 aliphatic rings. The Bertz CT molecular complexity index is 1370. The van der Waals surface area contributed by atoms with E-state index in [0.717, 1.165) is 27.7 Å². The Morgan fingerprint density at radius 2 is 1.93 bits per heavy atom. The Morgan fingerprint density at radius 1 is 1.10 bits per heavy atom. The number of nitrogens with zero attached hydrogens (tertiary/aromatic N) is 3. The second-order valence-corrected chi connectivity index (χ2v) is 7.06. The number of halogens is 1. The Balaban J connectivity index is 1.46. The number of aromatic amines is 2. The van der Waals surface area contributed by atoms with Gasteiger partial charge in [0.2, 0.25) is 0 Å². The maximum atomic E-state index is 13.4. The third kappa shape index (κ3) is 3.18. The van der Waals surface area contributed by atoms with Crippen molar-refractivity contribution < 1.29 is 9.18 Å². The number of pyridine rings is 1. The molecule has 8 heteroatoms. The van der Waals surface area contributed by atoms with E-state index in [4.69, 9.17) is 0 Å². The Hall–Kier alpha value is -4.07. The quantitative estimate of drug-likeness (QED) is 0.422. The topological polar surface area (TPSA) is 99.3 Å². The number of amides is 1. The van der Waals surface area contributed by atoms with Crippen LogP contribution in [0.1, 0.15) is 29.1 Å². The number of carbonyl (C=O) groups is 1. The van der Waals surface area contributed by atoms with E-state index < -0.39 is 0 Å². The van der Waals surface area contributed by atoms with Gasteiger partial charge in [0.1, 0.15) is 11.5 Å². The van der Waals surface area contributed by atoms with Gasteiger partial charge in [-0.3, -0.25) is 14.9 Å². The molecule has 0 saturated carbocycles. The van der Waals surface area contributed by atoms with Crippen LogP contribution >= 0.6 is 0 Å². The van der Waals surface area contributed by atoms with E-state index in [2.05, 4.69) is 30.5 Å². The highest BCUT2D eigenvalue weighted by Crippen LogP contribution is 2.29. The number of H-pyrrole nitrogens is 2. The summed E-state index contributed by atoms with van der Waals surface area (Å²) < 4.78 is 13.4. The van der Waals surface area contributed by atoms with Crippen molar-refractivity contribution in [3.8, 4) is 11.3 Å². The molecule has 0 bridgehead atoms. The Labute approximate surface area is 170 Å². The predicted octanol–water partition coefficient (Wildman–Crippen LogP) is 4.13. The maximum absolute atomic E-state index is 13.4. The summed E-state index contributed by atoms with van der Waals surface area (Å²) in [7, 11) is 0. The monoisotopic (exact) mass is 400 g/mol. The van der Waals surface area contributed by atoms with E-state index in [0.29, 0.717) is 11.1 Å². The number of carbonyl (C=O) groups excluding carboxylic acids is 1. The fraction of sp³-hybridized carbons (Fsp3) is 0.0909. The molecule has 0 radical (unpaired) electrons. The van der Waals surface area contributed by atoms with Crippen LogP contribution in [0.15, 0.2) is 60.9 Å². The highest BCUT2D eigenvalue weighted by atomic mass is 19.1. The zero-order chi connectivity index (χ0) is 20.7. The minimum atomic E-state index is -0.362. The van der Waals surface area contributed by atoms with E-state index in [1.165, 1.54) is 12.1 Å². The van der Waals surface area contributed by atoms with Crippen molar-refractivity contribution >= 4 is 27.8 Å². The normalized spacial score (nSPS) is 12.3. The predicted molar refractivity (Wildman–Crippen MR) is 111 cm³/mol. The summed E-state index contributed by atoms with van der Waals surface area (Å²) in [4.78, 5) is 24.2. The number of hydrogen-bond donors (Lipinski definition) is 3. The Morgan fingerprint density at radius 3 is 2.73 bits per heavy atom. The molecule has 1 atom stereocenters. The summed E-state index contributed by atoms with van der Waals surface area (Å²) in [5.74, 6) is -0.510. The lowest BCUT2D eigenvalue weighted by atomic mass is 10.1. The van der Waals surface area contributed by atoms with Crippen molar-refractivity contribution in [2.75, 3.05) is 0 Å². The summed E-state index contributed by atoms with van der Waals surface area (Å²) in [6.07, 6.45) is 3.43. The van der Waals surface area contributed by atoms with E-state index in [-0.39, 0.29) is 23.6 Å². The first-order valence-corrected chi connectivity index (χ1v) is 9.43. The van der Waals surface area contributed by atoms with Crippen molar-refractivity contribution in [3.05, 3.63) is 78.1 Å². The minimum absolute atomic E-state index is 0.194. The highest BCUT2D eigenvalue weighted by Gasteiger charge is 2.17. The lowest BCUT2D eigenvalue weighted by Crippen LogP contribution is -2.27. The van der Waals surface area contributed by atoms with Gasteiger partial charge in [-0.05, 0) is 48.9 Å². The molecule has 0 saturated heterocycles. The average Bonchev–Trinajstić information content (AvgIpc) is 3.36. The van der Waals surface area contributed by atoms with Crippen LogP contribution in [0.2, 0.25) is 0 Å². The van der Waals surface area contributed by atoms with Gasteiger partial charge in [0.15, 0.2) is 5.82 Å². The molecule has 148 valence electrons. The number of rotatable bonds is 4. The molecule has 3 aromatic heterocycles. The molecular formula is C22H17FN6O. The van der Waals surface area contributed by atoms with Crippen LogP contribution in [-0.4, -0.2) is 31.1 Å². The fourth-order valence-corrected chi connectivity index (χ4v) is 3.48. The second-order valence-electron chi connectivity index (χ2n) is 7.06. The summed E-state index contributed by atoms with van der Waals surface area (Å²) in [5.41, 5.74) is 4.62. The van der Waals surface area contributed by atoms with Crippen LogP contribution in [0.4, 0.5) is 4.39 Å². The van der Waals surface area contributed by atoms with Crippen LogP contribution in [0, 0.1) is 5.82 Å². The summed E-state index contributed by atoms with van der Waals surface area (Å²) in [6.45, 7) is 1.80. The third-order valence-corrected chi connectivity index (χ3v) is 5.03. The molecule has 1 amide bonds. The largest absolute Gasteiger partial charge is 0.343 e. The second kappa shape index (κ2) is 7.07. The number of imidazole rings is 1. The van der Waals surface area contributed by atoms with E-state index >= 15 is 0 Å². The average molecular weight is 400 g/mol. The van der Waals surface area contributed by atoms with E-state index in [9.17, 15) is 9.18 Å². The van der Waals surface area contributed by atoms with Gasteiger partial charge in [0, 0.05) is 23.3 Å². The fourth-order valence-electron chi connectivity index (χ4n) is 3.48. The molecule has 3 heterocycles. The molecule has 0 spiro atoms. The smallest absolute Gasteiger partial charge is 0.287 e. The molecule has 0 fully saturated rings. The van der Waals surface area contributed by atoms with Crippen LogP contribution in [0.5, 0.6) is 0 Å². The molecular weight excluding hydrogens is 383 g/mol. The number of nitrogens with one attached hydrogen (secondary N) is 3. The molecule has 3 N–H and O–H groups in total. The number of hydrogen-bond acceptors (Lipinski definition) is 4. The van der Waals surface area contributed by atoms with Gasteiger partial charge in [-0.25, -0.2) is 9.37 Å². The zero-order valence-corrected chi connectivity index (χ0v) is 16.0. The van der Waals surface area contributed by atoms with Crippen molar-refractivity contribution in [2.24, 2.45) is 0 Å². The first kappa shape index (κ1) is 18.0. The van der Waals surface area contributed by atoms with Crippen molar-refractivity contribution in [1.82, 2.24) is 30.5 Å². The summed E-state index contributed by atoms with van der Waals surface area (Å²) >= 11 is 0. The van der Waals surface area contributed by atoms with Gasteiger partial charge in [-0.15, -0.1) is 0 Å². The lowest BCUT2D eigenvalue weighted by molar-refractivity contribution is 0.0930. The van der Waals surface area contributed by atoms with Gasteiger partial charge in [-0.2, -0.15) is 5.10 Å². The van der Waals surface area contributed by atoms with Gasteiger partial charge in [0.05, 0.1) is 22.6 Å². The van der Waals surface area contributed by atoms with E-state index in [1.807, 2.05) is 24.3 Å². The molecule has 0 aliphatic carbocycles. The van der Waals surface area contributed by atoms with Gasteiger partial charge >= 0.3 is 0 Å². The maximum Gasteiger partial charge on any atom is 0.287 e. The summed E-state index contributed by atoms with van der Waals surface area (Å²) in [6, 6.07) is 13.3. The first-order chi connectivity index (χ1) is 14.6. The van der Waals surface area contributed by atoms with E-state index in [1.54, 1.807) is 31.5 Å². The van der Waals surface area contributed by atoms with Gasteiger partial charge in [0.25, 0.3) is 5.91 Å². The SMILES string of the molecule is CC(NC(=O)c1nc2cc3c(-c4ccncc4)n[nH]c3cc2[nH]1)c1cccc(F)c1. The highest BCUT2D eigenvalue weighted by molar-refractivity contribution is 6.02. The molecule has 7 nitrogen and oxygen atoms in total. The molecule has 30 heavy (non-hydrogen) atoms. The molecule has 5 rings (SSSR count). The van der Waals surface area contributed by atoms with Crippen LogP contribution in [0.3, 0.4) is 0 Å². The van der Waals surface area contributed by atoms with Gasteiger partial charge in [-0.1, -0.05) is 12.1 Å². The van der Waals surface area contributed by atoms with Gasteiger partial charge < -0.3 is 10.3 Å². The van der Waals surface area contributed by atoms with Crippen molar-refractivity contribution in [1.29, 1.82) is 0 Å². The number of fused-ring (bicyclic) bond motifs is 2. The molecule has 2 aromatic carbocycles. The number of benzene rings is 2. The van der Waals surface area contributed by atoms with Crippen LogP contribution in [-0.2, 0) is 0 Å². The zero-order valence-electron chi connectivity index (χ0n) is 16.0. The van der Waals surface area contributed by atoms with Crippen LogP contribution in [0.25, 0.3) is 33.2 Å². The molecule has 5 aromatic rings. The lowest BCUT2D eigenvalue weighted by Gasteiger charge is -2.13. The Kier molecular flexibility index (Phi) is 4.24. The summed E-state index contributed by atoms with van der Waals surface area (Å²) in [5, 5.41) is 11.2. The molecule has 0 aliphatic heterocycles. The van der Waals surface area contributed by atoms with Crippen molar-refractivity contribution in [2.45, 2.75) is 13.0 Å². The first-order valence-electron chi connectivity index (χ1n) is 9.43. The van der Waals surface area contributed by atoms with Crippen molar-refractivity contribution in [3.63, 3.8) is 0 Å². The molecule has 1 unspecified atom stereocenters. The van der Waals surface area contributed by atoms with Crippen LogP contribution < -0.4 is 5.32 Å².